The monoisotopic (exact) mass is 265 g/mol. The summed E-state index contributed by atoms with van der Waals surface area (Å²) in [6.07, 6.45) is 6.61. The van der Waals surface area contributed by atoms with E-state index in [1.54, 1.807) is 6.07 Å². The molecule has 0 saturated heterocycles. The number of nitrogens with two attached hydrogens (primary N) is 1. The molecule has 0 aromatic carbocycles. The molecule has 0 spiro atoms. The molecular weight excluding hydrogens is 250 g/mol. The van der Waals surface area contributed by atoms with E-state index in [1.165, 1.54) is 31.9 Å². The molecule has 2 aliphatic carbocycles. The summed E-state index contributed by atoms with van der Waals surface area (Å²) in [6.45, 7) is 0.776. The molecule has 0 atom stereocenters. The van der Waals surface area contributed by atoms with E-state index in [-0.39, 0.29) is 11.7 Å². The number of carbonyl (C=O) groups is 1. The van der Waals surface area contributed by atoms with Crippen molar-refractivity contribution in [1.29, 1.82) is 0 Å². The maximum atomic E-state index is 12.0. The Morgan fingerprint density at radius 1 is 1.56 bits per heavy atom. The maximum Gasteiger partial charge on any atom is 0.252 e. The van der Waals surface area contributed by atoms with Gasteiger partial charge in [0.15, 0.2) is 0 Å². The predicted molar refractivity (Wildman–Crippen MR) is 70.4 cm³/mol. The number of nitrogen functional groups attached to an aromatic ring is 1. The molecule has 3 rings (SSSR count). The minimum absolute atomic E-state index is 0.115. The van der Waals surface area contributed by atoms with Gasteiger partial charge in [-0.3, -0.25) is 4.79 Å². The molecule has 0 radical (unpaired) electrons. The van der Waals surface area contributed by atoms with Crippen molar-refractivity contribution < 1.29 is 4.79 Å². The summed E-state index contributed by atoms with van der Waals surface area (Å²) in [6, 6.07) is 1.57. The summed E-state index contributed by atoms with van der Waals surface area (Å²) in [7, 11) is 0. The Labute approximate surface area is 111 Å². The van der Waals surface area contributed by atoms with Gasteiger partial charge in [-0.1, -0.05) is 11.6 Å². The van der Waals surface area contributed by atoms with Crippen LogP contribution in [0.1, 0.15) is 36.0 Å². The number of carbonyl (C=O) groups excluding carboxylic acids is 1. The number of pyridine rings is 1. The topological polar surface area (TPSA) is 68.0 Å². The van der Waals surface area contributed by atoms with Gasteiger partial charge in [-0.25, -0.2) is 4.98 Å². The minimum atomic E-state index is -0.115. The van der Waals surface area contributed by atoms with Gasteiger partial charge in [0, 0.05) is 12.7 Å². The zero-order valence-electron chi connectivity index (χ0n) is 10.1. The van der Waals surface area contributed by atoms with Crippen LogP contribution in [0.15, 0.2) is 12.3 Å². The number of nitrogens with zero attached hydrogens (tertiary/aromatic N) is 1. The summed E-state index contributed by atoms with van der Waals surface area (Å²) in [4.78, 5) is 15.9. The molecule has 96 valence electrons. The number of nitrogens with one attached hydrogen (secondary N) is 1. The molecule has 0 bridgehead atoms. The largest absolute Gasteiger partial charge is 0.382 e. The van der Waals surface area contributed by atoms with Crippen molar-refractivity contribution in [2.24, 2.45) is 11.3 Å². The average molecular weight is 266 g/mol. The lowest BCUT2D eigenvalue weighted by atomic mass is 10.0. The summed E-state index contributed by atoms with van der Waals surface area (Å²) >= 11 is 5.85. The van der Waals surface area contributed by atoms with Crippen LogP contribution in [0.5, 0.6) is 0 Å². The Balaban J connectivity index is 1.62. The molecule has 1 amide bonds. The molecule has 2 saturated carbocycles. The van der Waals surface area contributed by atoms with E-state index in [9.17, 15) is 4.79 Å². The summed E-state index contributed by atoms with van der Waals surface area (Å²) in [5.41, 5.74) is 6.39. The molecular formula is C13H16ClN3O. The Hall–Kier alpha value is -1.29. The molecule has 2 aliphatic rings. The van der Waals surface area contributed by atoms with E-state index in [2.05, 4.69) is 10.3 Å². The van der Waals surface area contributed by atoms with Crippen LogP contribution < -0.4 is 11.1 Å². The van der Waals surface area contributed by atoms with Gasteiger partial charge in [0.05, 0.1) is 10.6 Å². The van der Waals surface area contributed by atoms with Crippen LogP contribution in [-0.4, -0.2) is 17.4 Å². The third-order valence-electron chi connectivity index (χ3n) is 4.07. The molecule has 3 N–H and O–H groups in total. The number of halogens is 1. The molecule has 2 fully saturated rings. The number of anilines is 1. The second-order valence-electron chi connectivity index (χ2n) is 5.41. The second-order valence-corrected chi connectivity index (χ2v) is 5.82. The molecule has 5 heteroatoms. The highest BCUT2D eigenvalue weighted by atomic mass is 35.5. The van der Waals surface area contributed by atoms with Gasteiger partial charge < -0.3 is 11.1 Å². The number of amides is 1. The lowest BCUT2D eigenvalue weighted by Gasteiger charge is -2.15. The highest BCUT2D eigenvalue weighted by molar-refractivity contribution is 6.33. The van der Waals surface area contributed by atoms with Gasteiger partial charge in [-0.2, -0.15) is 0 Å². The van der Waals surface area contributed by atoms with Gasteiger partial charge in [0.1, 0.15) is 5.82 Å². The normalized spacial score (nSPS) is 20.5. The fraction of sp³-hybridized carbons (Fsp3) is 0.538. The van der Waals surface area contributed by atoms with Crippen molar-refractivity contribution in [3.63, 3.8) is 0 Å². The summed E-state index contributed by atoms with van der Waals surface area (Å²) in [5, 5.41) is 3.32. The number of rotatable bonds is 4. The quantitative estimate of drug-likeness (QED) is 0.877. The number of hydrogen-bond acceptors (Lipinski definition) is 3. The van der Waals surface area contributed by atoms with Crippen molar-refractivity contribution >= 4 is 23.3 Å². The maximum absolute atomic E-state index is 12.0. The van der Waals surface area contributed by atoms with Crippen LogP contribution in [-0.2, 0) is 0 Å². The van der Waals surface area contributed by atoms with Crippen LogP contribution in [0.3, 0.4) is 0 Å². The van der Waals surface area contributed by atoms with Crippen LogP contribution >= 0.6 is 11.6 Å². The first-order valence-corrected chi connectivity index (χ1v) is 6.68. The smallest absolute Gasteiger partial charge is 0.252 e. The van der Waals surface area contributed by atoms with Crippen LogP contribution in [0.25, 0.3) is 0 Å². The first kappa shape index (κ1) is 11.8. The van der Waals surface area contributed by atoms with Crippen molar-refractivity contribution in [2.75, 3.05) is 12.3 Å². The Kier molecular flexibility index (Phi) is 2.70. The van der Waals surface area contributed by atoms with E-state index < -0.39 is 0 Å². The lowest BCUT2D eigenvalue weighted by Crippen LogP contribution is -2.31. The van der Waals surface area contributed by atoms with Crippen LogP contribution in [0.4, 0.5) is 5.82 Å². The van der Waals surface area contributed by atoms with E-state index >= 15 is 0 Å². The Morgan fingerprint density at radius 2 is 2.28 bits per heavy atom. The second kappa shape index (κ2) is 4.12. The third kappa shape index (κ3) is 2.17. The SMILES string of the molecule is Nc1ncc(C(=O)NCC2(C3CC3)CC2)cc1Cl. The molecule has 1 aromatic rings. The fourth-order valence-electron chi connectivity index (χ4n) is 2.52. The zero-order chi connectivity index (χ0) is 12.8. The standard InChI is InChI=1S/C13H16ClN3O/c14-10-5-8(6-16-11(10)15)12(18)17-7-13(3-4-13)9-1-2-9/h5-6,9H,1-4,7H2,(H2,15,16)(H,17,18). The van der Waals surface area contributed by atoms with Gasteiger partial charge >= 0.3 is 0 Å². The fourth-order valence-corrected chi connectivity index (χ4v) is 2.68. The van der Waals surface area contributed by atoms with E-state index in [0.717, 1.165) is 12.5 Å². The highest BCUT2D eigenvalue weighted by Gasteiger charge is 2.53. The van der Waals surface area contributed by atoms with Gasteiger partial charge in [-0.15, -0.1) is 0 Å². The third-order valence-corrected chi connectivity index (χ3v) is 4.37. The Bertz CT molecular complexity index is 495. The predicted octanol–water partition coefficient (Wildman–Crippen LogP) is 2.24. The van der Waals surface area contributed by atoms with Gasteiger partial charge in [0.2, 0.25) is 0 Å². The lowest BCUT2D eigenvalue weighted by molar-refractivity contribution is 0.0942. The molecule has 0 unspecified atom stereocenters. The number of hydrogen-bond donors (Lipinski definition) is 2. The van der Waals surface area contributed by atoms with E-state index in [1.807, 2.05) is 0 Å². The van der Waals surface area contributed by atoms with Crippen molar-refractivity contribution in [2.45, 2.75) is 25.7 Å². The zero-order valence-corrected chi connectivity index (χ0v) is 10.8. The molecule has 1 aromatic heterocycles. The van der Waals surface area contributed by atoms with E-state index in [0.29, 0.717) is 16.0 Å². The molecule has 4 nitrogen and oxygen atoms in total. The number of aromatic nitrogens is 1. The highest BCUT2D eigenvalue weighted by Crippen LogP contribution is 2.60. The van der Waals surface area contributed by atoms with Crippen molar-refractivity contribution in [3.05, 3.63) is 22.8 Å². The minimum Gasteiger partial charge on any atom is -0.382 e. The van der Waals surface area contributed by atoms with Crippen LogP contribution in [0.2, 0.25) is 5.02 Å². The van der Waals surface area contributed by atoms with E-state index in [4.69, 9.17) is 17.3 Å². The molecule has 1 heterocycles. The van der Waals surface area contributed by atoms with Crippen molar-refractivity contribution in [3.8, 4) is 0 Å². The van der Waals surface area contributed by atoms with Crippen molar-refractivity contribution in [1.82, 2.24) is 10.3 Å². The molecule has 0 aliphatic heterocycles. The molecule has 18 heavy (non-hydrogen) atoms. The summed E-state index contributed by atoms with van der Waals surface area (Å²) in [5.74, 6) is 0.979. The first-order valence-electron chi connectivity index (χ1n) is 6.30. The van der Waals surface area contributed by atoms with Gasteiger partial charge in [-0.05, 0) is 43.1 Å². The summed E-state index contributed by atoms with van der Waals surface area (Å²) < 4.78 is 0. The average Bonchev–Trinajstić information content (AvgIpc) is 3.22. The first-order chi connectivity index (χ1) is 8.61. The van der Waals surface area contributed by atoms with Crippen LogP contribution in [0, 0.1) is 11.3 Å². The Morgan fingerprint density at radius 3 is 2.83 bits per heavy atom. The van der Waals surface area contributed by atoms with Gasteiger partial charge in [0.25, 0.3) is 5.91 Å².